The second-order valence-corrected chi connectivity index (χ2v) is 16.5. The number of nitrogens with one attached hydrogen (secondary N) is 1. The third kappa shape index (κ3) is 15.9. The molecule has 0 aliphatic heterocycles. The minimum Gasteiger partial charge on any atom is -0.478 e. The normalized spacial score (nSPS) is 10.2. The topological polar surface area (TPSA) is 243 Å². The van der Waals surface area contributed by atoms with Crippen molar-refractivity contribution in [1.29, 1.82) is 10.5 Å². The van der Waals surface area contributed by atoms with Crippen LogP contribution < -0.4 is 16.8 Å². The molecule has 2 aromatic carbocycles. The number of halogens is 4. The van der Waals surface area contributed by atoms with E-state index in [0.29, 0.717) is 58.7 Å². The van der Waals surface area contributed by atoms with Crippen LogP contribution in [0.25, 0.3) is 21.8 Å². The van der Waals surface area contributed by atoms with E-state index in [9.17, 15) is 19.2 Å². The number of nitrogens with two attached hydrogens (primary N) is 2. The van der Waals surface area contributed by atoms with Gasteiger partial charge in [-0.25, -0.2) is 19.7 Å². The van der Waals surface area contributed by atoms with Gasteiger partial charge >= 0.3 is 5.97 Å². The minimum absolute atomic E-state index is 0. The van der Waals surface area contributed by atoms with Crippen LogP contribution in [-0.4, -0.2) is 54.0 Å². The highest BCUT2D eigenvalue weighted by Gasteiger charge is 2.14. The van der Waals surface area contributed by atoms with Crippen molar-refractivity contribution in [3.63, 3.8) is 0 Å². The maximum Gasteiger partial charge on any atom is 0.335 e. The van der Waals surface area contributed by atoms with Gasteiger partial charge in [0.25, 0.3) is 5.91 Å². The van der Waals surface area contributed by atoms with E-state index >= 15 is 0 Å². The van der Waals surface area contributed by atoms with Crippen molar-refractivity contribution in [3.05, 3.63) is 192 Å². The molecule has 0 radical (unpaired) electrons. The second kappa shape index (κ2) is 26.9. The lowest BCUT2D eigenvalue weighted by Crippen LogP contribution is -2.24. The number of benzene rings is 2. The van der Waals surface area contributed by atoms with Gasteiger partial charge in [-0.3, -0.25) is 24.1 Å². The number of carbonyl (C=O) groups excluding carboxylic acids is 1. The molecule has 1 amide bonds. The molecule has 0 saturated heterocycles. The van der Waals surface area contributed by atoms with Crippen LogP contribution in [0.4, 0.5) is 10.2 Å². The number of rotatable bonds is 9. The highest BCUT2D eigenvalue weighted by Crippen LogP contribution is 2.23. The number of amides is 1. The molecule has 6 N–H and O–H groups in total. The number of pyridine rings is 6. The number of hydrogen-bond donors (Lipinski definition) is 4. The summed E-state index contributed by atoms with van der Waals surface area (Å²) in [6.45, 7) is 10.8. The third-order valence-electron chi connectivity index (χ3n) is 10.6. The molecule has 0 unspecified atom stereocenters. The van der Waals surface area contributed by atoms with Gasteiger partial charge in [0.05, 0.1) is 35.2 Å². The van der Waals surface area contributed by atoms with Gasteiger partial charge in [-0.05, 0) is 141 Å². The van der Waals surface area contributed by atoms with Crippen molar-refractivity contribution in [1.82, 2.24) is 35.2 Å². The number of nitriles is 2. The summed E-state index contributed by atoms with van der Waals surface area (Å²) in [6, 6.07) is 28.9. The Kier molecular flexibility index (Phi) is 21.2. The number of fused-ring (bicyclic) bond motifs is 2. The number of alkyl halides is 1. The number of nitrogen functional groups attached to an aromatic ring is 1. The van der Waals surface area contributed by atoms with Gasteiger partial charge in [-0.2, -0.15) is 10.5 Å². The number of carboxylic acids is 1. The highest BCUT2D eigenvalue weighted by molar-refractivity contribution is 6.31. The molecule has 14 nitrogen and oxygen atoms in total. The monoisotopic (exact) mass is 1020 g/mol. The Hall–Kier alpha value is -7.66. The van der Waals surface area contributed by atoms with E-state index in [1.807, 2.05) is 88.4 Å². The fraction of sp³-hybridized carbons (Fsp3) is 0.208. The summed E-state index contributed by atoms with van der Waals surface area (Å²) in [5.41, 5.74) is 23.9. The molecule has 0 fully saturated rings. The molecule has 366 valence electrons. The zero-order valence-electron chi connectivity index (χ0n) is 39.8. The molecule has 8 rings (SSSR count). The fourth-order valence-corrected chi connectivity index (χ4v) is 7.79. The van der Waals surface area contributed by atoms with Crippen LogP contribution in [0.5, 0.6) is 0 Å². The van der Waals surface area contributed by atoms with Gasteiger partial charge in [0.2, 0.25) is 0 Å². The molecular formula is C53H53Cl3FN11O3. The Labute approximate surface area is 429 Å². The van der Waals surface area contributed by atoms with Crippen LogP contribution in [0.3, 0.4) is 0 Å². The van der Waals surface area contributed by atoms with Crippen molar-refractivity contribution in [3.8, 4) is 12.1 Å². The van der Waals surface area contributed by atoms with Crippen molar-refractivity contribution < 1.29 is 20.5 Å². The number of carbonyl (C=O) groups is 2. The van der Waals surface area contributed by atoms with Crippen LogP contribution in [0.2, 0.25) is 10.0 Å². The molecular weight excluding hydrogens is 964 g/mol. The average molecular weight is 1020 g/mol. The number of aromatic carboxylic acids is 1. The van der Waals surface area contributed by atoms with Crippen molar-refractivity contribution in [2.24, 2.45) is 5.73 Å². The van der Waals surface area contributed by atoms with E-state index in [4.69, 9.17) is 46.4 Å². The summed E-state index contributed by atoms with van der Waals surface area (Å²) in [6.07, 6.45) is 4.06. The Morgan fingerprint density at radius 2 is 1.20 bits per heavy atom. The van der Waals surface area contributed by atoms with Crippen molar-refractivity contribution in [2.45, 2.75) is 68.0 Å². The Morgan fingerprint density at radius 1 is 0.718 bits per heavy atom. The average Bonchev–Trinajstić information content (AvgIpc) is 3.31. The number of hydrogen-bond acceptors (Lipinski definition) is 12. The lowest BCUT2D eigenvalue weighted by molar-refractivity contribution is 0.0696. The van der Waals surface area contributed by atoms with Crippen molar-refractivity contribution >= 4 is 75.1 Å². The molecule has 0 atom stereocenters. The summed E-state index contributed by atoms with van der Waals surface area (Å²) >= 11 is 12.0. The minimum atomic E-state index is -1.08. The second-order valence-electron chi connectivity index (χ2n) is 15.7. The number of aryl methyl sites for hydroxylation is 5. The van der Waals surface area contributed by atoms with Crippen LogP contribution in [0, 0.1) is 57.3 Å². The molecule has 8 aromatic rings. The molecule has 71 heavy (non-hydrogen) atoms. The molecule has 6 aromatic heterocycles. The molecule has 0 aliphatic rings. The van der Waals surface area contributed by atoms with Crippen LogP contribution in [0.15, 0.2) is 97.3 Å². The summed E-state index contributed by atoms with van der Waals surface area (Å²) in [5, 5.41) is 33.3. The zero-order chi connectivity index (χ0) is 51.1. The fourth-order valence-electron chi connectivity index (χ4n) is 7.46. The lowest BCUT2D eigenvalue weighted by atomic mass is 10.0. The number of anilines is 1. The lowest BCUT2D eigenvalue weighted by Gasteiger charge is -2.12. The van der Waals surface area contributed by atoms with Gasteiger partial charge in [0.15, 0.2) is 0 Å². The maximum atomic E-state index is 12.9. The molecule has 6 heterocycles. The first-order valence-electron chi connectivity index (χ1n) is 21.8. The first kappa shape index (κ1) is 55.9. The Balaban J connectivity index is 0.000000304. The molecule has 0 spiro atoms. The van der Waals surface area contributed by atoms with E-state index in [2.05, 4.69) is 48.2 Å². The number of aromatic nitrogens is 6. The zero-order valence-corrected chi connectivity index (χ0v) is 41.1. The first-order chi connectivity index (χ1) is 33.4. The van der Waals surface area contributed by atoms with E-state index in [-0.39, 0.29) is 42.7 Å². The van der Waals surface area contributed by atoms with Gasteiger partial charge < -0.3 is 21.9 Å². The summed E-state index contributed by atoms with van der Waals surface area (Å²) in [4.78, 5) is 49.7. The van der Waals surface area contributed by atoms with Gasteiger partial charge in [-0.1, -0.05) is 42.8 Å². The quantitative estimate of drug-likeness (QED) is 0.105. The van der Waals surface area contributed by atoms with Gasteiger partial charge in [0, 0.05) is 83.1 Å². The first-order valence-corrected chi connectivity index (χ1v) is 21.8. The largest absolute Gasteiger partial charge is 0.478 e. The highest BCUT2D eigenvalue weighted by atomic mass is 35.5. The van der Waals surface area contributed by atoms with Gasteiger partial charge in [0.1, 0.15) is 29.3 Å². The van der Waals surface area contributed by atoms with Crippen LogP contribution in [0.1, 0.15) is 103 Å². The van der Waals surface area contributed by atoms with E-state index < -0.39 is 13.1 Å². The van der Waals surface area contributed by atoms with Gasteiger partial charge in [-0.15, -0.1) is 12.4 Å². The third-order valence-corrected chi connectivity index (χ3v) is 11.0. The predicted octanol–water partition coefficient (Wildman–Crippen LogP) is 10.8. The number of nitrogens with zero attached hydrogens (tertiary/aromatic N) is 8. The molecule has 18 heteroatoms. The van der Waals surface area contributed by atoms with Crippen LogP contribution in [-0.2, 0) is 25.9 Å². The predicted molar refractivity (Wildman–Crippen MR) is 281 cm³/mol. The smallest absolute Gasteiger partial charge is 0.335 e. The Morgan fingerprint density at radius 3 is 1.66 bits per heavy atom. The molecule has 0 aliphatic carbocycles. The van der Waals surface area contributed by atoms with E-state index in [0.717, 1.165) is 61.1 Å². The van der Waals surface area contributed by atoms with Crippen LogP contribution >= 0.6 is 35.6 Å². The van der Waals surface area contributed by atoms with E-state index in [1.165, 1.54) is 29.3 Å². The summed E-state index contributed by atoms with van der Waals surface area (Å²) < 4.78 is 15.5. The summed E-state index contributed by atoms with van der Waals surface area (Å²) in [7, 11) is -1.00. The molecule has 0 bridgehead atoms. The summed E-state index contributed by atoms with van der Waals surface area (Å²) in [5.74, 6) is -0.927. The maximum absolute atomic E-state index is 12.9. The van der Waals surface area contributed by atoms with Crippen molar-refractivity contribution in [2.75, 3.05) is 12.9 Å². The SMILES string of the molecule is C.Cc1cc(C)c(CN)c(C)n1.Cc1cc(N)nc(C)c1CNC(=O)c1cc(C#N)nc(Cc2ccc3ncc(Cl)cc3c2)c1.Cl.N#Cc1cc(C(=O)O)cc(Cc2ccc3ncc(Cl)cc3c2)n1.[2H]CF. The standard InChI is InChI=1S/C25H21ClN6O.C17H10ClN3O2.C9H14N2.CH3F.CH4.ClH/c1-14-5-24(28)31-15(2)22(14)13-30-25(33)18-9-20(32-21(10-18)11-27)7-16-3-4-23-17(6-16)8-19(26)12-29-23;18-13-5-11-3-10(1-2-16(11)20-9-13)4-14-6-12(17(22)23)7-15(8-19)21-14;1-6-4-7(2)11-8(3)9(6)5-10;1-2;;/h3-6,8-10,12H,7,13H2,1-2H3,(H2,28,31)(H,30,33);1-3,5-7,9H,4H2,(H,22,23);4H,5,10H2,1-3H3;1H3;1H4;1H/i;;;1D;;. The number of carboxylic acid groups (broad SMARTS) is 1. The molecule has 0 saturated carbocycles. The Bertz CT molecular complexity index is 3270. The van der Waals surface area contributed by atoms with E-state index in [1.54, 1.807) is 24.5 Å².